The highest BCUT2D eigenvalue weighted by molar-refractivity contribution is 6.42. The van der Waals surface area contributed by atoms with E-state index in [9.17, 15) is 4.79 Å². The lowest BCUT2D eigenvalue weighted by atomic mass is 9.96. The molecule has 27 heavy (non-hydrogen) atoms. The van der Waals surface area contributed by atoms with Gasteiger partial charge in [-0.15, -0.1) is 0 Å². The third-order valence-electron chi connectivity index (χ3n) is 4.61. The second-order valence-corrected chi connectivity index (χ2v) is 7.84. The Balaban J connectivity index is 1.44. The third kappa shape index (κ3) is 5.94. The van der Waals surface area contributed by atoms with Gasteiger partial charge in [-0.2, -0.15) is 5.10 Å². The molecule has 2 aromatic rings. The highest BCUT2D eigenvalue weighted by Gasteiger charge is 2.24. The minimum Gasteiger partial charge on any atom is -0.299 e. The van der Waals surface area contributed by atoms with Crippen LogP contribution in [0.5, 0.6) is 0 Å². The van der Waals surface area contributed by atoms with Gasteiger partial charge < -0.3 is 0 Å². The third-order valence-corrected chi connectivity index (χ3v) is 5.60. The van der Waals surface area contributed by atoms with E-state index in [-0.39, 0.29) is 11.8 Å². The van der Waals surface area contributed by atoms with Crippen LogP contribution in [0, 0.1) is 5.92 Å². The average molecular weight is 425 g/mol. The van der Waals surface area contributed by atoms with E-state index >= 15 is 0 Å². The SMILES string of the molecule is O=C(N/N=C\c1ccc(Cl)c(Cl)c1)C1CCN(Cc2ccc(Cl)cc2)CC1. The highest BCUT2D eigenvalue weighted by Crippen LogP contribution is 2.22. The molecule has 0 bridgehead atoms. The first-order valence-corrected chi connectivity index (χ1v) is 9.89. The Morgan fingerprint density at radius 2 is 1.78 bits per heavy atom. The number of halogens is 3. The standard InChI is InChI=1S/C20H20Cl3N3O/c21-17-4-1-14(2-5-17)13-26-9-7-16(8-10-26)20(27)25-24-12-15-3-6-18(22)19(23)11-15/h1-6,11-12,16H,7-10,13H2,(H,25,27)/b24-12-. The molecule has 2 aromatic carbocycles. The molecule has 0 aromatic heterocycles. The molecule has 1 aliphatic rings. The summed E-state index contributed by atoms with van der Waals surface area (Å²) < 4.78 is 0. The maximum absolute atomic E-state index is 12.3. The van der Waals surface area contributed by atoms with E-state index in [1.165, 1.54) is 5.56 Å². The number of nitrogens with zero attached hydrogens (tertiary/aromatic N) is 2. The molecular weight excluding hydrogens is 405 g/mol. The van der Waals surface area contributed by atoms with Crippen LogP contribution in [0.1, 0.15) is 24.0 Å². The Hall–Kier alpha value is -1.59. The van der Waals surface area contributed by atoms with Crippen molar-refractivity contribution in [2.75, 3.05) is 13.1 Å². The van der Waals surface area contributed by atoms with Crippen LogP contribution in [0.3, 0.4) is 0 Å². The lowest BCUT2D eigenvalue weighted by Gasteiger charge is -2.30. The number of hydrogen-bond donors (Lipinski definition) is 1. The molecule has 142 valence electrons. The van der Waals surface area contributed by atoms with Crippen molar-refractivity contribution in [1.29, 1.82) is 0 Å². The van der Waals surface area contributed by atoms with Crippen LogP contribution >= 0.6 is 34.8 Å². The summed E-state index contributed by atoms with van der Waals surface area (Å²) in [4.78, 5) is 14.7. The monoisotopic (exact) mass is 423 g/mol. The summed E-state index contributed by atoms with van der Waals surface area (Å²) in [6.45, 7) is 2.65. The van der Waals surface area contributed by atoms with Gasteiger partial charge in [0.15, 0.2) is 0 Å². The van der Waals surface area contributed by atoms with Crippen molar-refractivity contribution >= 4 is 46.9 Å². The van der Waals surface area contributed by atoms with Gasteiger partial charge in [0.05, 0.1) is 16.3 Å². The summed E-state index contributed by atoms with van der Waals surface area (Å²) >= 11 is 17.8. The lowest BCUT2D eigenvalue weighted by molar-refractivity contribution is -0.126. The molecule has 0 radical (unpaired) electrons. The molecule has 1 N–H and O–H groups in total. The summed E-state index contributed by atoms with van der Waals surface area (Å²) in [6, 6.07) is 13.1. The molecule has 0 spiro atoms. The zero-order valence-electron chi connectivity index (χ0n) is 14.7. The van der Waals surface area contributed by atoms with Gasteiger partial charge in [-0.3, -0.25) is 9.69 Å². The van der Waals surface area contributed by atoms with Gasteiger partial charge in [-0.25, -0.2) is 5.43 Å². The van der Waals surface area contributed by atoms with Crippen molar-refractivity contribution in [1.82, 2.24) is 10.3 Å². The number of carbonyl (C=O) groups excluding carboxylic acids is 1. The number of nitrogens with one attached hydrogen (secondary N) is 1. The Bertz CT molecular complexity index is 816. The van der Waals surface area contributed by atoms with Gasteiger partial charge in [0.25, 0.3) is 0 Å². The summed E-state index contributed by atoms with van der Waals surface area (Å²) in [5.74, 6) is -0.0603. The molecule has 0 atom stereocenters. The van der Waals surface area contributed by atoms with Crippen molar-refractivity contribution in [3.63, 3.8) is 0 Å². The van der Waals surface area contributed by atoms with Crippen LogP contribution in [-0.4, -0.2) is 30.1 Å². The van der Waals surface area contributed by atoms with E-state index in [0.717, 1.165) is 43.1 Å². The first kappa shape index (κ1) is 20.2. The quantitative estimate of drug-likeness (QED) is 0.542. The zero-order valence-corrected chi connectivity index (χ0v) is 16.9. The number of rotatable bonds is 5. The van der Waals surface area contributed by atoms with Crippen molar-refractivity contribution < 1.29 is 4.79 Å². The molecule has 0 saturated carbocycles. The Labute approximate surface area is 174 Å². The normalized spacial score (nSPS) is 16.0. The van der Waals surface area contributed by atoms with Crippen molar-refractivity contribution in [2.24, 2.45) is 11.0 Å². The van der Waals surface area contributed by atoms with E-state index < -0.39 is 0 Å². The van der Waals surface area contributed by atoms with Crippen LogP contribution < -0.4 is 5.43 Å². The second-order valence-electron chi connectivity index (χ2n) is 6.58. The number of benzene rings is 2. The van der Waals surface area contributed by atoms with Crippen molar-refractivity contribution in [3.05, 3.63) is 68.7 Å². The summed E-state index contributed by atoms with van der Waals surface area (Å²) in [7, 11) is 0. The van der Waals surface area contributed by atoms with E-state index in [0.29, 0.717) is 10.0 Å². The molecule has 1 aliphatic heterocycles. The molecule has 0 unspecified atom stereocenters. The number of hydrogen-bond acceptors (Lipinski definition) is 3. The van der Waals surface area contributed by atoms with Crippen LogP contribution in [0.15, 0.2) is 47.6 Å². The van der Waals surface area contributed by atoms with Crippen molar-refractivity contribution in [3.8, 4) is 0 Å². The maximum Gasteiger partial charge on any atom is 0.243 e. The Morgan fingerprint density at radius 1 is 1.07 bits per heavy atom. The molecule has 1 heterocycles. The van der Waals surface area contributed by atoms with Crippen molar-refractivity contribution in [2.45, 2.75) is 19.4 Å². The number of amides is 1. The fourth-order valence-corrected chi connectivity index (χ4v) is 3.49. The Kier molecular flexibility index (Phi) is 7.13. The molecule has 3 rings (SSSR count). The summed E-state index contributed by atoms with van der Waals surface area (Å²) in [5, 5.41) is 5.72. The topological polar surface area (TPSA) is 44.7 Å². The molecule has 0 aliphatic carbocycles. The average Bonchev–Trinajstić information content (AvgIpc) is 2.67. The van der Waals surface area contributed by atoms with Gasteiger partial charge in [-0.05, 0) is 61.3 Å². The summed E-state index contributed by atoms with van der Waals surface area (Å²) in [6.07, 6.45) is 3.21. The predicted molar refractivity (Wildman–Crippen MR) is 112 cm³/mol. The first-order chi connectivity index (χ1) is 13.0. The van der Waals surface area contributed by atoms with E-state index in [1.807, 2.05) is 24.3 Å². The van der Waals surface area contributed by atoms with E-state index in [4.69, 9.17) is 34.8 Å². The van der Waals surface area contributed by atoms with Crippen LogP contribution in [0.2, 0.25) is 15.1 Å². The molecule has 1 amide bonds. The molecule has 1 fully saturated rings. The number of carbonyl (C=O) groups is 1. The summed E-state index contributed by atoms with van der Waals surface area (Å²) in [5.41, 5.74) is 4.64. The van der Waals surface area contributed by atoms with Crippen LogP contribution in [-0.2, 0) is 11.3 Å². The first-order valence-electron chi connectivity index (χ1n) is 8.76. The fraction of sp³-hybridized carbons (Fsp3) is 0.300. The largest absolute Gasteiger partial charge is 0.299 e. The van der Waals surface area contributed by atoms with Crippen LogP contribution in [0.25, 0.3) is 0 Å². The smallest absolute Gasteiger partial charge is 0.243 e. The molecular formula is C20H20Cl3N3O. The number of likely N-dealkylation sites (tertiary alicyclic amines) is 1. The van der Waals surface area contributed by atoms with Gasteiger partial charge in [0, 0.05) is 17.5 Å². The maximum atomic E-state index is 12.3. The lowest BCUT2D eigenvalue weighted by Crippen LogP contribution is -2.39. The van der Waals surface area contributed by atoms with Crippen LogP contribution in [0.4, 0.5) is 0 Å². The van der Waals surface area contributed by atoms with E-state index in [2.05, 4.69) is 15.4 Å². The van der Waals surface area contributed by atoms with Gasteiger partial charge in [0.2, 0.25) is 5.91 Å². The minimum atomic E-state index is -0.0440. The highest BCUT2D eigenvalue weighted by atomic mass is 35.5. The second kappa shape index (κ2) is 9.56. The van der Waals surface area contributed by atoms with Gasteiger partial charge in [-0.1, -0.05) is 53.0 Å². The fourth-order valence-electron chi connectivity index (χ4n) is 3.06. The Morgan fingerprint density at radius 3 is 2.44 bits per heavy atom. The number of hydrazone groups is 1. The van der Waals surface area contributed by atoms with Gasteiger partial charge >= 0.3 is 0 Å². The molecule has 7 heteroatoms. The predicted octanol–water partition coefficient (Wildman–Crippen LogP) is 5.01. The van der Waals surface area contributed by atoms with Gasteiger partial charge in [0.1, 0.15) is 0 Å². The number of piperidine rings is 1. The minimum absolute atomic E-state index is 0.0163. The van der Waals surface area contributed by atoms with E-state index in [1.54, 1.807) is 24.4 Å². The molecule has 4 nitrogen and oxygen atoms in total. The zero-order chi connectivity index (χ0) is 19.2. The molecule has 1 saturated heterocycles.